The number of nitrogens with zero attached hydrogens (tertiary/aromatic N) is 3. The molecule has 1 saturated carbocycles. The van der Waals surface area contributed by atoms with Crippen molar-refractivity contribution in [1.29, 1.82) is 0 Å². The molecule has 0 spiro atoms. The number of ether oxygens (including phenoxy) is 1. The highest BCUT2D eigenvalue weighted by molar-refractivity contribution is 5.67. The summed E-state index contributed by atoms with van der Waals surface area (Å²) in [6, 6.07) is 10.2. The molecule has 2 heterocycles. The molecule has 0 amide bonds. The van der Waals surface area contributed by atoms with Gasteiger partial charge in [0.05, 0.1) is 12.3 Å². The summed E-state index contributed by atoms with van der Waals surface area (Å²) in [5, 5.41) is 7.82. The standard InChI is InChI=1S/C18H20N4O/c1-13-10-16-18(19-8-9-22(16)21-13)20-11-15-4-2-3-5-17(15)23-12-14-6-7-14/h2-5,8-10,14H,6-7,11-12H2,1H3,(H,19,20). The van der Waals surface area contributed by atoms with Gasteiger partial charge in [0.2, 0.25) is 0 Å². The third-order valence-electron chi connectivity index (χ3n) is 4.10. The first-order chi connectivity index (χ1) is 11.3. The SMILES string of the molecule is Cc1cc2c(NCc3ccccc3OCC3CC3)nccn2n1. The normalized spacial score (nSPS) is 14.1. The summed E-state index contributed by atoms with van der Waals surface area (Å²) < 4.78 is 7.81. The Balaban J connectivity index is 1.51. The average molecular weight is 308 g/mol. The van der Waals surface area contributed by atoms with E-state index >= 15 is 0 Å². The van der Waals surface area contributed by atoms with Crippen LogP contribution in [0.25, 0.3) is 5.52 Å². The Morgan fingerprint density at radius 3 is 3.04 bits per heavy atom. The van der Waals surface area contributed by atoms with Crippen molar-refractivity contribution in [3.63, 3.8) is 0 Å². The first-order valence-electron chi connectivity index (χ1n) is 8.05. The molecular formula is C18H20N4O. The van der Waals surface area contributed by atoms with Gasteiger partial charge in [0.1, 0.15) is 11.3 Å². The van der Waals surface area contributed by atoms with Crippen LogP contribution in [0.2, 0.25) is 0 Å². The van der Waals surface area contributed by atoms with Gasteiger partial charge in [-0.15, -0.1) is 0 Å². The second-order valence-corrected chi connectivity index (χ2v) is 6.11. The third-order valence-corrected chi connectivity index (χ3v) is 4.10. The van der Waals surface area contributed by atoms with E-state index in [0.29, 0.717) is 6.54 Å². The molecule has 0 aliphatic heterocycles. The Morgan fingerprint density at radius 1 is 1.30 bits per heavy atom. The van der Waals surface area contributed by atoms with E-state index in [0.717, 1.165) is 40.9 Å². The van der Waals surface area contributed by atoms with Gasteiger partial charge in [0.25, 0.3) is 0 Å². The number of para-hydroxylation sites is 1. The first-order valence-corrected chi connectivity index (χ1v) is 8.05. The van der Waals surface area contributed by atoms with Gasteiger partial charge in [0, 0.05) is 24.5 Å². The van der Waals surface area contributed by atoms with Gasteiger partial charge in [-0.05, 0) is 37.8 Å². The smallest absolute Gasteiger partial charge is 0.152 e. The summed E-state index contributed by atoms with van der Waals surface area (Å²) in [7, 11) is 0. The van der Waals surface area contributed by atoms with Crippen LogP contribution in [0.1, 0.15) is 24.1 Å². The summed E-state index contributed by atoms with van der Waals surface area (Å²) in [4.78, 5) is 4.44. The molecule has 0 atom stereocenters. The number of aryl methyl sites for hydroxylation is 1. The Labute approximate surface area is 135 Å². The molecular weight excluding hydrogens is 288 g/mol. The van der Waals surface area contributed by atoms with Crippen molar-refractivity contribution in [3.05, 3.63) is 54.0 Å². The molecule has 1 aliphatic carbocycles. The van der Waals surface area contributed by atoms with Crippen LogP contribution in [0.5, 0.6) is 5.75 Å². The summed E-state index contributed by atoms with van der Waals surface area (Å²) >= 11 is 0. The maximum absolute atomic E-state index is 5.96. The van der Waals surface area contributed by atoms with Crippen LogP contribution in [-0.4, -0.2) is 21.2 Å². The molecule has 4 rings (SSSR count). The topological polar surface area (TPSA) is 51.5 Å². The molecule has 23 heavy (non-hydrogen) atoms. The molecule has 1 aromatic carbocycles. The molecule has 3 aromatic rings. The van der Waals surface area contributed by atoms with E-state index in [9.17, 15) is 0 Å². The predicted molar refractivity (Wildman–Crippen MR) is 89.7 cm³/mol. The summed E-state index contributed by atoms with van der Waals surface area (Å²) in [6.45, 7) is 3.49. The van der Waals surface area contributed by atoms with E-state index in [-0.39, 0.29) is 0 Å². The summed E-state index contributed by atoms with van der Waals surface area (Å²) in [6.07, 6.45) is 6.22. The third kappa shape index (κ3) is 3.13. The fourth-order valence-electron chi connectivity index (χ4n) is 2.64. The maximum Gasteiger partial charge on any atom is 0.152 e. The predicted octanol–water partition coefficient (Wildman–Crippen LogP) is 3.44. The van der Waals surface area contributed by atoms with Crippen LogP contribution in [-0.2, 0) is 6.54 Å². The van der Waals surface area contributed by atoms with Gasteiger partial charge in [0.15, 0.2) is 5.82 Å². The van der Waals surface area contributed by atoms with Crippen molar-refractivity contribution in [1.82, 2.24) is 14.6 Å². The van der Waals surface area contributed by atoms with Crippen molar-refractivity contribution in [2.45, 2.75) is 26.3 Å². The van der Waals surface area contributed by atoms with Crippen LogP contribution < -0.4 is 10.1 Å². The zero-order valence-corrected chi connectivity index (χ0v) is 13.2. The van der Waals surface area contributed by atoms with Gasteiger partial charge in [-0.25, -0.2) is 9.50 Å². The lowest BCUT2D eigenvalue weighted by Gasteiger charge is -2.12. The minimum atomic E-state index is 0.678. The highest BCUT2D eigenvalue weighted by atomic mass is 16.5. The fourth-order valence-corrected chi connectivity index (χ4v) is 2.64. The highest BCUT2D eigenvalue weighted by Crippen LogP contribution is 2.30. The number of hydrogen-bond donors (Lipinski definition) is 1. The molecule has 0 radical (unpaired) electrons. The molecule has 118 valence electrons. The first kappa shape index (κ1) is 14.1. The van der Waals surface area contributed by atoms with E-state index in [4.69, 9.17) is 4.74 Å². The van der Waals surface area contributed by atoms with Gasteiger partial charge in [-0.2, -0.15) is 5.10 Å². The molecule has 1 aliphatic rings. The fraction of sp³-hybridized carbons (Fsp3) is 0.333. The van der Waals surface area contributed by atoms with E-state index < -0.39 is 0 Å². The van der Waals surface area contributed by atoms with Crippen LogP contribution in [0, 0.1) is 12.8 Å². The molecule has 5 heteroatoms. The Morgan fingerprint density at radius 2 is 2.17 bits per heavy atom. The average Bonchev–Trinajstić information content (AvgIpc) is 3.31. The number of aromatic nitrogens is 3. The van der Waals surface area contributed by atoms with Crippen molar-refractivity contribution in [2.75, 3.05) is 11.9 Å². The lowest BCUT2D eigenvalue weighted by molar-refractivity contribution is 0.297. The largest absolute Gasteiger partial charge is 0.493 e. The zero-order chi connectivity index (χ0) is 15.6. The lowest BCUT2D eigenvalue weighted by atomic mass is 10.2. The van der Waals surface area contributed by atoms with E-state index in [1.54, 1.807) is 6.20 Å². The molecule has 2 aromatic heterocycles. The van der Waals surface area contributed by atoms with Gasteiger partial charge in [-0.1, -0.05) is 18.2 Å². The number of rotatable bonds is 6. The minimum Gasteiger partial charge on any atom is -0.493 e. The maximum atomic E-state index is 5.96. The molecule has 1 N–H and O–H groups in total. The van der Waals surface area contributed by atoms with E-state index in [1.165, 1.54) is 12.8 Å². The minimum absolute atomic E-state index is 0.678. The van der Waals surface area contributed by atoms with Crippen LogP contribution in [0.3, 0.4) is 0 Å². The quantitative estimate of drug-likeness (QED) is 0.758. The number of benzene rings is 1. The van der Waals surface area contributed by atoms with Gasteiger partial charge < -0.3 is 10.1 Å². The Bertz CT molecular complexity index is 823. The van der Waals surface area contributed by atoms with Crippen LogP contribution >= 0.6 is 0 Å². The highest BCUT2D eigenvalue weighted by Gasteiger charge is 2.22. The number of nitrogens with one attached hydrogen (secondary N) is 1. The molecule has 0 saturated heterocycles. The van der Waals surface area contributed by atoms with Crippen molar-refractivity contribution < 1.29 is 4.74 Å². The lowest BCUT2D eigenvalue weighted by Crippen LogP contribution is -2.07. The summed E-state index contributed by atoms with van der Waals surface area (Å²) in [5.41, 5.74) is 3.11. The van der Waals surface area contributed by atoms with Crippen LogP contribution in [0.15, 0.2) is 42.7 Å². The zero-order valence-electron chi connectivity index (χ0n) is 13.2. The molecule has 0 unspecified atom stereocenters. The van der Waals surface area contributed by atoms with Crippen molar-refractivity contribution >= 4 is 11.3 Å². The number of fused-ring (bicyclic) bond motifs is 1. The van der Waals surface area contributed by atoms with Crippen molar-refractivity contribution in [2.24, 2.45) is 5.92 Å². The van der Waals surface area contributed by atoms with Crippen molar-refractivity contribution in [3.8, 4) is 5.75 Å². The molecule has 1 fully saturated rings. The summed E-state index contributed by atoms with van der Waals surface area (Å²) in [5.74, 6) is 2.55. The van der Waals surface area contributed by atoms with E-state index in [1.807, 2.05) is 41.9 Å². The Hall–Kier alpha value is -2.56. The van der Waals surface area contributed by atoms with Crippen LogP contribution in [0.4, 0.5) is 5.82 Å². The molecule has 0 bridgehead atoms. The number of hydrogen-bond acceptors (Lipinski definition) is 4. The second-order valence-electron chi connectivity index (χ2n) is 6.11. The monoisotopic (exact) mass is 308 g/mol. The van der Waals surface area contributed by atoms with Gasteiger partial charge >= 0.3 is 0 Å². The second kappa shape index (κ2) is 5.91. The Kier molecular flexibility index (Phi) is 3.61. The number of anilines is 1. The van der Waals surface area contributed by atoms with E-state index in [2.05, 4.69) is 21.5 Å². The van der Waals surface area contributed by atoms with Gasteiger partial charge in [-0.3, -0.25) is 0 Å². The molecule has 5 nitrogen and oxygen atoms in total.